The van der Waals surface area contributed by atoms with Crippen LogP contribution in [0.3, 0.4) is 0 Å². The highest BCUT2D eigenvalue weighted by molar-refractivity contribution is 6.33. The standard InChI is InChI=1S/C29H22ClF4N5O3/c30-21-7-6-17(29(32,33)34)11-24(21)35-27(42)39-14-28(15-39)12-38(13-28)26(41)20-9-16(5-8-22(20)31)10-23-18-3-1-2-4-19(18)25(40)37-36-23/h1-9,11H,10,12-15H2,(H,35,42)(H,37,40). The van der Waals surface area contributed by atoms with Crippen LogP contribution in [0.1, 0.15) is 27.2 Å². The Morgan fingerprint density at radius 1 is 0.976 bits per heavy atom. The summed E-state index contributed by atoms with van der Waals surface area (Å²) < 4.78 is 53.8. The highest BCUT2D eigenvalue weighted by atomic mass is 35.5. The number of fused-ring (bicyclic) bond motifs is 1. The third-order valence-corrected chi connectivity index (χ3v) is 7.95. The number of benzene rings is 3. The lowest BCUT2D eigenvalue weighted by atomic mass is 9.72. The lowest BCUT2D eigenvalue weighted by Gasteiger charge is -2.59. The minimum Gasteiger partial charge on any atom is -0.337 e. The minimum absolute atomic E-state index is 0.0271. The number of nitrogens with one attached hydrogen (secondary N) is 2. The van der Waals surface area contributed by atoms with Crippen LogP contribution in [0.2, 0.25) is 5.02 Å². The van der Waals surface area contributed by atoms with E-state index in [1.165, 1.54) is 21.9 Å². The first-order valence-corrected chi connectivity index (χ1v) is 13.3. The fourth-order valence-corrected chi connectivity index (χ4v) is 5.69. The molecule has 0 saturated carbocycles. The van der Waals surface area contributed by atoms with E-state index in [0.29, 0.717) is 35.1 Å². The number of carbonyl (C=O) groups excluding carboxylic acids is 2. The molecule has 6 rings (SSSR count). The zero-order valence-electron chi connectivity index (χ0n) is 21.8. The number of anilines is 1. The first kappa shape index (κ1) is 27.7. The van der Waals surface area contributed by atoms with E-state index in [-0.39, 0.29) is 46.8 Å². The number of aromatic amines is 1. The second kappa shape index (κ2) is 10.1. The van der Waals surface area contributed by atoms with Gasteiger partial charge in [0, 0.05) is 43.4 Å². The molecule has 3 amide bonds. The van der Waals surface area contributed by atoms with Crippen LogP contribution in [-0.4, -0.2) is 58.1 Å². The molecule has 2 saturated heterocycles. The molecule has 4 aromatic rings. The Hall–Kier alpha value is -4.45. The molecular formula is C29H22ClF4N5O3. The number of likely N-dealkylation sites (tertiary alicyclic amines) is 2. The summed E-state index contributed by atoms with van der Waals surface area (Å²) >= 11 is 5.97. The van der Waals surface area contributed by atoms with Crippen LogP contribution >= 0.6 is 11.6 Å². The molecule has 0 radical (unpaired) electrons. The van der Waals surface area contributed by atoms with Gasteiger partial charge in [0.2, 0.25) is 0 Å². The lowest BCUT2D eigenvalue weighted by Crippen LogP contribution is -2.74. The average molecular weight is 600 g/mol. The molecule has 2 aliphatic rings. The number of aromatic nitrogens is 2. The second-order valence-electron chi connectivity index (χ2n) is 10.7. The molecule has 0 atom stereocenters. The maximum atomic E-state index is 14.7. The Kier molecular flexibility index (Phi) is 6.68. The molecule has 1 aromatic heterocycles. The Bertz CT molecular complexity index is 1790. The average Bonchev–Trinajstić information content (AvgIpc) is 2.90. The fraction of sp³-hybridized carbons (Fsp3) is 0.241. The molecular weight excluding hydrogens is 578 g/mol. The van der Waals surface area contributed by atoms with Gasteiger partial charge in [0.15, 0.2) is 0 Å². The number of halogens is 5. The number of nitrogens with zero attached hydrogens (tertiary/aromatic N) is 3. The maximum absolute atomic E-state index is 14.7. The van der Waals surface area contributed by atoms with E-state index in [2.05, 4.69) is 15.5 Å². The maximum Gasteiger partial charge on any atom is 0.416 e. The van der Waals surface area contributed by atoms with Crippen molar-refractivity contribution in [2.45, 2.75) is 12.6 Å². The van der Waals surface area contributed by atoms with Crippen LogP contribution in [0.5, 0.6) is 0 Å². The monoisotopic (exact) mass is 599 g/mol. The van der Waals surface area contributed by atoms with E-state index in [1.807, 2.05) is 0 Å². The van der Waals surface area contributed by atoms with Crippen molar-refractivity contribution in [2.24, 2.45) is 5.41 Å². The summed E-state index contributed by atoms with van der Waals surface area (Å²) in [5, 5.41) is 10.1. The SMILES string of the molecule is O=C(Nc1cc(C(F)(F)F)ccc1Cl)N1CC2(C1)CN(C(=O)c1cc(Cc3n[nH]c(=O)c4ccccc34)ccc1F)C2. The van der Waals surface area contributed by atoms with Gasteiger partial charge < -0.3 is 15.1 Å². The van der Waals surface area contributed by atoms with Crippen molar-refractivity contribution >= 4 is 40.0 Å². The summed E-state index contributed by atoms with van der Waals surface area (Å²) in [5.41, 5.74) is -0.640. The fourth-order valence-electron chi connectivity index (χ4n) is 5.52. The highest BCUT2D eigenvalue weighted by Crippen LogP contribution is 2.41. The van der Waals surface area contributed by atoms with Gasteiger partial charge in [-0.25, -0.2) is 14.3 Å². The van der Waals surface area contributed by atoms with Crippen molar-refractivity contribution in [3.63, 3.8) is 0 Å². The molecule has 13 heteroatoms. The summed E-state index contributed by atoms with van der Waals surface area (Å²) in [6, 6.07) is 13.3. The molecule has 1 spiro atoms. The number of urea groups is 1. The number of amides is 3. The Labute approximate surface area is 240 Å². The summed E-state index contributed by atoms with van der Waals surface area (Å²) in [5.74, 6) is -1.16. The first-order valence-electron chi connectivity index (χ1n) is 12.9. The first-order chi connectivity index (χ1) is 19.9. The number of alkyl halides is 3. The Morgan fingerprint density at radius 2 is 1.67 bits per heavy atom. The topological polar surface area (TPSA) is 98.4 Å². The van der Waals surface area contributed by atoms with Crippen LogP contribution in [0.4, 0.5) is 28.0 Å². The van der Waals surface area contributed by atoms with Gasteiger partial charge in [-0.3, -0.25) is 9.59 Å². The van der Waals surface area contributed by atoms with Crippen LogP contribution in [-0.2, 0) is 12.6 Å². The van der Waals surface area contributed by atoms with Crippen molar-refractivity contribution in [1.29, 1.82) is 0 Å². The van der Waals surface area contributed by atoms with Gasteiger partial charge in [0.25, 0.3) is 11.5 Å². The van der Waals surface area contributed by atoms with Crippen molar-refractivity contribution < 1.29 is 27.2 Å². The van der Waals surface area contributed by atoms with Gasteiger partial charge in [-0.1, -0.05) is 35.9 Å². The van der Waals surface area contributed by atoms with Gasteiger partial charge in [0.05, 0.1) is 32.9 Å². The van der Waals surface area contributed by atoms with E-state index >= 15 is 0 Å². The predicted octanol–water partition coefficient (Wildman–Crippen LogP) is 5.32. The molecule has 216 valence electrons. The number of hydrogen-bond acceptors (Lipinski definition) is 4. The molecule has 8 nitrogen and oxygen atoms in total. The third-order valence-electron chi connectivity index (χ3n) is 7.62. The van der Waals surface area contributed by atoms with E-state index in [4.69, 9.17) is 11.6 Å². The van der Waals surface area contributed by atoms with Gasteiger partial charge in [-0.15, -0.1) is 0 Å². The van der Waals surface area contributed by atoms with E-state index in [1.54, 1.807) is 30.3 Å². The largest absolute Gasteiger partial charge is 0.416 e. The summed E-state index contributed by atoms with van der Waals surface area (Å²) in [7, 11) is 0. The third kappa shape index (κ3) is 5.06. The molecule has 2 aliphatic heterocycles. The van der Waals surface area contributed by atoms with Crippen molar-refractivity contribution in [2.75, 3.05) is 31.5 Å². The van der Waals surface area contributed by atoms with Crippen molar-refractivity contribution in [3.05, 3.63) is 104 Å². The van der Waals surface area contributed by atoms with E-state index < -0.39 is 29.5 Å². The zero-order valence-corrected chi connectivity index (χ0v) is 22.5. The van der Waals surface area contributed by atoms with Gasteiger partial charge in [-0.05, 0) is 42.0 Å². The normalized spacial score (nSPS) is 15.8. The van der Waals surface area contributed by atoms with Crippen molar-refractivity contribution in [1.82, 2.24) is 20.0 Å². The zero-order chi connectivity index (χ0) is 29.8. The summed E-state index contributed by atoms with van der Waals surface area (Å²) in [4.78, 5) is 40.8. The van der Waals surface area contributed by atoms with Crippen LogP contribution in [0.25, 0.3) is 10.8 Å². The van der Waals surface area contributed by atoms with Gasteiger partial charge in [0.1, 0.15) is 5.82 Å². The van der Waals surface area contributed by atoms with Crippen LogP contribution in [0.15, 0.2) is 65.5 Å². The lowest BCUT2D eigenvalue weighted by molar-refractivity contribution is -0.137. The van der Waals surface area contributed by atoms with E-state index in [0.717, 1.165) is 18.2 Å². The highest BCUT2D eigenvalue weighted by Gasteiger charge is 2.54. The number of H-pyrrole nitrogens is 1. The molecule has 2 N–H and O–H groups in total. The number of rotatable bonds is 4. The molecule has 0 bridgehead atoms. The Balaban J connectivity index is 1.08. The summed E-state index contributed by atoms with van der Waals surface area (Å²) in [6.45, 7) is 1.17. The van der Waals surface area contributed by atoms with Gasteiger partial charge >= 0.3 is 12.2 Å². The molecule has 42 heavy (non-hydrogen) atoms. The molecule has 2 fully saturated rings. The summed E-state index contributed by atoms with van der Waals surface area (Å²) in [6.07, 6.45) is -4.32. The molecule has 0 aliphatic carbocycles. The molecule has 3 aromatic carbocycles. The minimum atomic E-state index is -4.58. The quantitative estimate of drug-likeness (QED) is 0.311. The van der Waals surface area contributed by atoms with E-state index in [9.17, 15) is 31.9 Å². The number of hydrogen-bond donors (Lipinski definition) is 2. The van der Waals surface area contributed by atoms with Gasteiger partial charge in [-0.2, -0.15) is 18.3 Å². The smallest absolute Gasteiger partial charge is 0.337 e. The predicted molar refractivity (Wildman–Crippen MR) is 147 cm³/mol. The van der Waals surface area contributed by atoms with Crippen LogP contribution < -0.4 is 10.9 Å². The van der Waals surface area contributed by atoms with Crippen LogP contribution in [0, 0.1) is 11.2 Å². The number of carbonyl (C=O) groups is 2. The Morgan fingerprint density at radius 3 is 2.38 bits per heavy atom. The second-order valence-corrected chi connectivity index (χ2v) is 11.1. The molecule has 0 unspecified atom stereocenters. The molecule has 3 heterocycles. The van der Waals surface area contributed by atoms with Crippen molar-refractivity contribution in [3.8, 4) is 0 Å².